The van der Waals surface area contributed by atoms with Gasteiger partial charge in [-0.25, -0.2) is 4.98 Å². The van der Waals surface area contributed by atoms with Crippen LogP contribution in [0.3, 0.4) is 0 Å². The summed E-state index contributed by atoms with van der Waals surface area (Å²) in [6.07, 6.45) is 2.03. The second-order valence-electron chi connectivity index (χ2n) is 4.96. The first kappa shape index (κ1) is 13.3. The van der Waals surface area contributed by atoms with Crippen molar-refractivity contribution in [2.75, 3.05) is 5.73 Å². The number of nitrogens with zero attached hydrogens (tertiary/aromatic N) is 1. The Balaban J connectivity index is 2.25. The number of benzene rings is 1. The Morgan fingerprint density at radius 2 is 1.89 bits per heavy atom. The summed E-state index contributed by atoms with van der Waals surface area (Å²) in [6, 6.07) is 7.87. The van der Waals surface area contributed by atoms with E-state index in [1.165, 1.54) is 11.1 Å². The lowest BCUT2D eigenvalue weighted by molar-refractivity contribution is 0.0993. The number of nitrogen functional groups attached to an aromatic ring is 1. The molecule has 0 unspecified atom stereocenters. The molecule has 0 aliphatic rings. The molecule has 0 amide bonds. The molecule has 98 valence electrons. The lowest BCUT2D eigenvalue weighted by Crippen LogP contribution is -2.09. The minimum Gasteiger partial charge on any atom is -0.383 e. The molecule has 0 aliphatic heterocycles. The first-order chi connectivity index (χ1) is 8.97. The molecular formula is C16H18N2O. The Bertz CT molecular complexity index is 633. The number of nitrogens with two attached hydrogens (primary N) is 1. The van der Waals surface area contributed by atoms with Gasteiger partial charge in [0.15, 0.2) is 5.78 Å². The van der Waals surface area contributed by atoms with E-state index in [4.69, 9.17) is 5.73 Å². The van der Waals surface area contributed by atoms with Crippen LogP contribution in [-0.4, -0.2) is 10.8 Å². The number of aryl methyl sites for hydroxylation is 3. The first-order valence-corrected chi connectivity index (χ1v) is 6.29. The molecule has 19 heavy (non-hydrogen) atoms. The number of carbonyl (C=O) groups excluding carboxylic acids is 1. The molecule has 1 heterocycles. The van der Waals surface area contributed by atoms with Crippen molar-refractivity contribution in [1.29, 1.82) is 0 Å². The molecule has 0 spiro atoms. The van der Waals surface area contributed by atoms with E-state index in [1.54, 1.807) is 12.3 Å². The maximum atomic E-state index is 12.3. The summed E-state index contributed by atoms with van der Waals surface area (Å²) in [5.74, 6) is 0.316. The van der Waals surface area contributed by atoms with Crippen LogP contribution in [0.15, 0.2) is 30.5 Å². The van der Waals surface area contributed by atoms with Gasteiger partial charge in [0.25, 0.3) is 0 Å². The van der Waals surface area contributed by atoms with Gasteiger partial charge in [-0.1, -0.05) is 18.2 Å². The van der Waals surface area contributed by atoms with E-state index < -0.39 is 0 Å². The Labute approximate surface area is 113 Å². The van der Waals surface area contributed by atoms with Crippen molar-refractivity contribution in [3.63, 3.8) is 0 Å². The van der Waals surface area contributed by atoms with Crippen molar-refractivity contribution in [2.24, 2.45) is 0 Å². The maximum Gasteiger partial charge on any atom is 0.170 e. The average molecular weight is 254 g/mol. The SMILES string of the molecule is Cc1cnc(N)c(C(=O)Cc2ccc(C)c(C)c2)c1. The van der Waals surface area contributed by atoms with Crippen LogP contribution in [0.1, 0.15) is 32.6 Å². The summed E-state index contributed by atoms with van der Waals surface area (Å²) in [5.41, 5.74) is 10.7. The smallest absolute Gasteiger partial charge is 0.170 e. The Morgan fingerprint density at radius 3 is 2.58 bits per heavy atom. The van der Waals surface area contributed by atoms with E-state index in [2.05, 4.69) is 11.9 Å². The van der Waals surface area contributed by atoms with Crippen LogP contribution in [0.25, 0.3) is 0 Å². The van der Waals surface area contributed by atoms with Crippen molar-refractivity contribution in [3.8, 4) is 0 Å². The van der Waals surface area contributed by atoms with Crippen LogP contribution in [0, 0.1) is 20.8 Å². The molecule has 0 saturated carbocycles. The fourth-order valence-electron chi connectivity index (χ4n) is 2.00. The topological polar surface area (TPSA) is 56.0 Å². The maximum absolute atomic E-state index is 12.3. The standard InChI is InChI=1S/C16H18N2O/c1-10-6-14(16(17)18-9-10)15(19)8-13-5-4-11(2)12(3)7-13/h4-7,9H,8H2,1-3H3,(H2,17,18). The highest BCUT2D eigenvalue weighted by molar-refractivity contribution is 6.01. The molecule has 2 N–H and O–H groups in total. The van der Waals surface area contributed by atoms with Gasteiger partial charge < -0.3 is 5.73 Å². The van der Waals surface area contributed by atoms with E-state index in [-0.39, 0.29) is 5.78 Å². The summed E-state index contributed by atoms with van der Waals surface area (Å²) in [4.78, 5) is 16.3. The zero-order chi connectivity index (χ0) is 14.0. The van der Waals surface area contributed by atoms with Crippen LogP contribution >= 0.6 is 0 Å². The number of Topliss-reactive ketones (excluding diaryl/α,β-unsaturated/α-hetero) is 1. The number of hydrogen-bond acceptors (Lipinski definition) is 3. The molecule has 3 heteroatoms. The fourth-order valence-corrected chi connectivity index (χ4v) is 2.00. The van der Waals surface area contributed by atoms with Gasteiger partial charge in [0.2, 0.25) is 0 Å². The third kappa shape index (κ3) is 2.99. The number of hydrogen-bond donors (Lipinski definition) is 1. The molecule has 0 fully saturated rings. The third-order valence-electron chi connectivity index (χ3n) is 3.29. The lowest BCUT2D eigenvalue weighted by Gasteiger charge is -2.07. The highest BCUT2D eigenvalue weighted by Gasteiger charge is 2.12. The van der Waals surface area contributed by atoms with Gasteiger partial charge >= 0.3 is 0 Å². The largest absolute Gasteiger partial charge is 0.383 e. The summed E-state index contributed by atoms with van der Waals surface area (Å²) >= 11 is 0. The number of aromatic nitrogens is 1. The molecule has 0 saturated heterocycles. The van der Waals surface area contributed by atoms with Crippen molar-refractivity contribution in [2.45, 2.75) is 27.2 Å². The molecule has 0 atom stereocenters. The highest BCUT2D eigenvalue weighted by atomic mass is 16.1. The van der Waals surface area contributed by atoms with Crippen LogP contribution in [0.5, 0.6) is 0 Å². The number of rotatable bonds is 3. The first-order valence-electron chi connectivity index (χ1n) is 6.29. The highest BCUT2D eigenvalue weighted by Crippen LogP contribution is 2.16. The quantitative estimate of drug-likeness (QED) is 0.857. The predicted molar refractivity (Wildman–Crippen MR) is 77.3 cm³/mol. The molecule has 2 aromatic rings. The molecule has 0 aliphatic carbocycles. The Hall–Kier alpha value is -2.16. The molecule has 1 aromatic carbocycles. The summed E-state index contributed by atoms with van der Waals surface area (Å²) < 4.78 is 0. The number of anilines is 1. The normalized spacial score (nSPS) is 10.5. The van der Waals surface area contributed by atoms with Gasteiger partial charge in [-0.3, -0.25) is 4.79 Å². The zero-order valence-electron chi connectivity index (χ0n) is 11.5. The molecular weight excluding hydrogens is 236 g/mol. The van der Waals surface area contributed by atoms with Crippen LogP contribution < -0.4 is 5.73 Å². The second kappa shape index (κ2) is 5.22. The monoisotopic (exact) mass is 254 g/mol. The van der Waals surface area contributed by atoms with Gasteiger partial charge in [0.05, 0.1) is 5.56 Å². The van der Waals surface area contributed by atoms with Gasteiger partial charge in [0.1, 0.15) is 5.82 Å². The van der Waals surface area contributed by atoms with Gasteiger partial charge in [0, 0.05) is 12.6 Å². The molecule has 0 radical (unpaired) electrons. The Kier molecular flexibility index (Phi) is 3.65. The van der Waals surface area contributed by atoms with Crippen molar-refractivity contribution < 1.29 is 4.79 Å². The van der Waals surface area contributed by atoms with Gasteiger partial charge in [-0.15, -0.1) is 0 Å². The van der Waals surface area contributed by atoms with Gasteiger partial charge in [-0.2, -0.15) is 0 Å². The van der Waals surface area contributed by atoms with Crippen LogP contribution in [-0.2, 0) is 6.42 Å². The van der Waals surface area contributed by atoms with E-state index in [1.807, 2.05) is 32.0 Å². The minimum atomic E-state index is 0.0111. The van der Waals surface area contributed by atoms with E-state index in [0.29, 0.717) is 17.8 Å². The molecule has 1 aromatic heterocycles. The Morgan fingerprint density at radius 1 is 1.16 bits per heavy atom. The summed E-state index contributed by atoms with van der Waals surface area (Å²) in [5, 5.41) is 0. The number of carbonyl (C=O) groups is 1. The van der Waals surface area contributed by atoms with Crippen molar-refractivity contribution in [3.05, 3.63) is 58.3 Å². The van der Waals surface area contributed by atoms with E-state index in [0.717, 1.165) is 11.1 Å². The summed E-state index contributed by atoms with van der Waals surface area (Å²) in [7, 11) is 0. The van der Waals surface area contributed by atoms with E-state index in [9.17, 15) is 4.79 Å². The average Bonchev–Trinajstić information content (AvgIpc) is 2.36. The second-order valence-corrected chi connectivity index (χ2v) is 4.96. The van der Waals surface area contributed by atoms with E-state index >= 15 is 0 Å². The number of ketones is 1. The van der Waals surface area contributed by atoms with Crippen LogP contribution in [0.2, 0.25) is 0 Å². The lowest BCUT2D eigenvalue weighted by atomic mass is 9.99. The fraction of sp³-hybridized carbons (Fsp3) is 0.250. The minimum absolute atomic E-state index is 0.0111. The predicted octanol–water partition coefficient (Wildman–Crippen LogP) is 3.01. The van der Waals surface area contributed by atoms with Crippen LogP contribution in [0.4, 0.5) is 5.82 Å². The summed E-state index contributed by atoms with van der Waals surface area (Å²) in [6.45, 7) is 6.01. The van der Waals surface area contributed by atoms with Crippen molar-refractivity contribution in [1.82, 2.24) is 4.98 Å². The van der Waals surface area contributed by atoms with Gasteiger partial charge in [-0.05, 0) is 49.1 Å². The number of pyridine rings is 1. The third-order valence-corrected chi connectivity index (χ3v) is 3.29. The molecule has 3 nitrogen and oxygen atoms in total. The molecule has 2 rings (SSSR count). The molecule has 0 bridgehead atoms. The zero-order valence-corrected chi connectivity index (χ0v) is 11.5. The van der Waals surface area contributed by atoms with Crippen molar-refractivity contribution >= 4 is 11.6 Å².